The summed E-state index contributed by atoms with van der Waals surface area (Å²) in [5, 5.41) is 10.1. The minimum atomic E-state index is -0.835. The molecule has 0 saturated carbocycles. The van der Waals surface area contributed by atoms with Crippen LogP contribution in [0.1, 0.15) is 23.1 Å². The van der Waals surface area contributed by atoms with E-state index in [1.807, 2.05) is 37.3 Å². The van der Waals surface area contributed by atoms with Crippen molar-refractivity contribution in [1.82, 2.24) is 0 Å². The summed E-state index contributed by atoms with van der Waals surface area (Å²) in [4.78, 5) is 0. The third-order valence-corrected chi connectivity index (χ3v) is 4.30. The minimum Gasteiger partial charge on any atom is -0.507 e. The fourth-order valence-corrected chi connectivity index (χ4v) is 2.99. The molecule has 2 aromatic carbocycles. The molecular weight excluding hydrogens is 280 g/mol. The molecule has 0 radical (unpaired) electrons. The Kier molecular flexibility index (Phi) is 3.71. The molecule has 4 nitrogen and oxygen atoms in total. The fourth-order valence-electron chi connectivity index (χ4n) is 2.99. The maximum atomic E-state index is 10.1. The number of aromatic hydroxyl groups is 1. The first-order valence-electron chi connectivity index (χ1n) is 7.30. The van der Waals surface area contributed by atoms with Crippen LogP contribution in [0.15, 0.2) is 36.4 Å². The smallest absolute Gasteiger partial charge is 0.237 e. The molecule has 0 fully saturated rings. The van der Waals surface area contributed by atoms with E-state index in [0.29, 0.717) is 23.5 Å². The summed E-state index contributed by atoms with van der Waals surface area (Å²) in [5.74, 6) is 0.623. The lowest BCUT2D eigenvalue weighted by molar-refractivity contribution is -0.184. The lowest BCUT2D eigenvalue weighted by atomic mass is 9.92. The first-order valence-corrected chi connectivity index (χ1v) is 7.30. The van der Waals surface area contributed by atoms with Gasteiger partial charge in [-0.1, -0.05) is 30.3 Å². The second-order valence-electron chi connectivity index (χ2n) is 5.46. The van der Waals surface area contributed by atoms with E-state index in [2.05, 4.69) is 0 Å². The number of ether oxygens (including phenoxy) is 3. The van der Waals surface area contributed by atoms with E-state index in [1.165, 1.54) is 0 Å². The van der Waals surface area contributed by atoms with Gasteiger partial charge in [0.15, 0.2) is 0 Å². The van der Waals surface area contributed by atoms with E-state index < -0.39 is 5.79 Å². The van der Waals surface area contributed by atoms with E-state index in [9.17, 15) is 5.11 Å². The molecule has 22 heavy (non-hydrogen) atoms. The van der Waals surface area contributed by atoms with E-state index in [1.54, 1.807) is 20.3 Å². The quantitative estimate of drug-likeness (QED) is 0.942. The van der Waals surface area contributed by atoms with Crippen LogP contribution in [0.2, 0.25) is 0 Å². The first-order chi connectivity index (χ1) is 10.6. The van der Waals surface area contributed by atoms with Gasteiger partial charge in [0.1, 0.15) is 17.2 Å². The molecule has 116 valence electrons. The third-order valence-electron chi connectivity index (χ3n) is 4.30. The molecule has 1 N–H and O–H groups in total. The lowest BCUT2D eigenvalue weighted by Gasteiger charge is -2.38. The molecule has 0 bridgehead atoms. The van der Waals surface area contributed by atoms with Gasteiger partial charge < -0.3 is 19.3 Å². The molecule has 4 heteroatoms. The summed E-state index contributed by atoms with van der Waals surface area (Å²) >= 11 is 0. The van der Waals surface area contributed by atoms with Crippen LogP contribution < -0.4 is 9.47 Å². The maximum absolute atomic E-state index is 10.1. The van der Waals surface area contributed by atoms with Crippen LogP contribution in [-0.4, -0.2) is 19.3 Å². The number of phenolic OH excluding ortho intramolecular Hbond substituents is 1. The Morgan fingerprint density at radius 3 is 2.55 bits per heavy atom. The Balaban J connectivity index is 2.11. The molecule has 2 aromatic rings. The van der Waals surface area contributed by atoms with Crippen LogP contribution in [0.25, 0.3) is 0 Å². The number of methoxy groups -OCH3 is 2. The highest BCUT2D eigenvalue weighted by atomic mass is 16.7. The van der Waals surface area contributed by atoms with Crippen LogP contribution >= 0.6 is 0 Å². The van der Waals surface area contributed by atoms with Gasteiger partial charge in [-0.2, -0.15) is 0 Å². The van der Waals surface area contributed by atoms with Gasteiger partial charge in [-0.25, -0.2) is 0 Å². The van der Waals surface area contributed by atoms with E-state index >= 15 is 0 Å². The largest absolute Gasteiger partial charge is 0.507 e. The zero-order valence-corrected chi connectivity index (χ0v) is 13.1. The van der Waals surface area contributed by atoms with Crippen LogP contribution in [-0.2, 0) is 16.9 Å². The molecule has 1 heterocycles. The van der Waals surface area contributed by atoms with E-state index in [4.69, 9.17) is 14.2 Å². The average molecular weight is 300 g/mol. The molecule has 1 aliphatic heterocycles. The summed E-state index contributed by atoms with van der Waals surface area (Å²) in [6.07, 6.45) is 1.43. The Morgan fingerprint density at radius 2 is 1.91 bits per heavy atom. The standard InChI is InChI=1S/C18H20O4/c1-12-15(19)11-16(20-2)14-9-10-18(21-3,22-17(12)14)13-7-5-4-6-8-13/h4-8,11,19H,9-10H2,1-3H3. The van der Waals surface area contributed by atoms with Crippen LogP contribution in [0.4, 0.5) is 0 Å². The van der Waals surface area contributed by atoms with Crippen molar-refractivity contribution in [2.75, 3.05) is 14.2 Å². The number of phenols is 1. The van der Waals surface area contributed by atoms with Crippen molar-refractivity contribution >= 4 is 0 Å². The number of hydrogen-bond acceptors (Lipinski definition) is 4. The summed E-state index contributed by atoms with van der Waals surface area (Å²) in [7, 11) is 3.24. The van der Waals surface area contributed by atoms with Crippen LogP contribution in [0.3, 0.4) is 0 Å². The van der Waals surface area contributed by atoms with Gasteiger partial charge in [-0.15, -0.1) is 0 Å². The van der Waals surface area contributed by atoms with Crippen molar-refractivity contribution < 1.29 is 19.3 Å². The predicted molar refractivity (Wildman–Crippen MR) is 83.5 cm³/mol. The highest BCUT2D eigenvalue weighted by Gasteiger charge is 2.40. The number of rotatable bonds is 3. The van der Waals surface area contributed by atoms with Crippen LogP contribution in [0.5, 0.6) is 17.2 Å². The maximum Gasteiger partial charge on any atom is 0.237 e. The number of benzene rings is 2. The van der Waals surface area contributed by atoms with Crippen molar-refractivity contribution in [2.24, 2.45) is 0 Å². The fraction of sp³-hybridized carbons (Fsp3) is 0.333. The third kappa shape index (κ3) is 2.20. The van der Waals surface area contributed by atoms with Gasteiger partial charge in [0.05, 0.1) is 7.11 Å². The highest BCUT2D eigenvalue weighted by Crippen LogP contribution is 2.47. The molecule has 0 amide bonds. The topological polar surface area (TPSA) is 47.9 Å². The number of fused-ring (bicyclic) bond motifs is 1. The molecule has 0 aliphatic carbocycles. The van der Waals surface area contributed by atoms with Gasteiger partial charge in [0, 0.05) is 36.3 Å². The van der Waals surface area contributed by atoms with Crippen molar-refractivity contribution in [3.63, 3.8) is 0 Å². The molecule has 1 unspecified atom stereocenters. The van der Waals surface area contributed by atoms with Gasteiger partial charge in [-0.3, -0.25) is 0 Å². The minimum absolute atomic E-state index is 0.163. The molecule has 3 rings (SSSR count). The normalized spacial score (nSPS) is 20.1. The molecule has 1 aliphatic rings. The van der Waals surface area contributed by atoms with Crippen molar-refractivity contribution in [2.45, 2.75) is 25.6 Å². The Hall–Kier alpha value is -2.20. The second-order valence-corrected chi connectivity index (χ2v) is 5.46. The van der Waals surface area contributed by atoms with Crippen molar-refractivity contribution in [3.05, 3.63) is 53.1 Å². The molecular formula is C18H20O4. The van der Waals surface area contributed by atoms with Gasteiger partial charge >= 0.3 is 0 Å². The predicted octanol–water partition coefficient (Wildman–Crippen LogP) is 3.53. The molecule has 0 spiro atoms. The van der Waals surface area contributed by atoms with Gasteiger partial charge in [0.25, 0.3) is 0 Å². The SMILES string of the molecule is COc1cc(O)c(C)c2c1CCC(OC)(c1ccccc1)O2. The van der Waals surface area contributed by atoms with E-state index in [0.717, 1.165) is 17.5 Å². The Bertz CT molecular complexity index is 681. The van der Waals surface area contributed by atoms with Crippen molar-refractivity contribution in [1.29, 1.82) is 0 Å². The van der Waals surface area contributed by atoms with Gasteiger partial charge in [0.2, 0.25) is 5.79 Å². The zero-order chi connectivity index (χ0) is 15.7. The highest BCUT2D eigenvalue weighted by molar-refractivity contribution is 5.57. The summed E-state index contributed by atoms with van der Waals surface area (Å²) in [6.45, 7) is 1.84. The van der Waals surface area contributed by atoms with E-state index in [-0.39, 0.29) is 5.75 Å². The van der Waals surface area contributed by atoms with Crippen LogP contribution in [0, 0.1) is 6.92 Å². The van der Waals surface area contributed by atoms with Gasteiger partial charge in [-0.05, 0) is 13.3 Å². The Morgan fingerprint density at radius 1 is 1.18 bits per heavy atom. The summed E-state index contributed by atoms with van der Waals surface area (Å²) < 4.78 is 17.4. The van der Waals surface area contributed by atoms with Crippen molar-refractivity contribution in [3.8, 4) is 17.2 Å². The first kappa shape index (κ1) is 14.7. The zero-order valence-electron chi connectivity index (χ0n) is 13.1. The Labute approximate surface area is 130 Å². The molecule has 0 aromatic heterocycles. The lowest BCUT2D eigenvalue weighted by Crippen LogP contribution is -2.39. The number of hydrogen-bond donors (Lipinski definition) is 1. The summed E-state index contributed by atoms with van der Waals surface area (Å²) in [5.41, 5.74) is 2.64. The molecule has 0 saturated heterocycles. The summed E-state index contributed by atoms with van der Waals surface area (Å²) in [6, 6.07) is 11.5. The second kappa shape index (κ2) is 5.54. The molecule has 1 atom stereocenters. The monoisotopic (exact) mass is 300 g/mol. The average Bonchev–Trinajstić information content (AvgIpc) is 2.58.